The van der Waals surface area contributed by atoms with Crippen molar-refractivity contribution in [3.8, 4) is 0 Å². The Morgan fingerprint density at radius 3 is 2.90 bits per heavy atom. The normalized spacial score (nSPS) is 21.6. The Hall–Kier alpha value is -1.32. The molecule has 2 aromatic rings. The smallest absolute Gasteiger partial charge is 0.134 e. The van der Waals surface area contributed by atoms with Gasteiger partial charge in [0.2, 0.25) is 0 Å². The van der Waals surface area contributed by atoms with E-state index >= 15 is 0 Å². The SMILES string of the molecule is CCC1CCN(C(CN)c2c(C)oc3ccccc23)C1. The van der Waals surface area contributed by atoms with Crippen LogP contribution in [0.5, 0.6) is 0 Å². The van der Waals surface area contributed by atoms with Crippen LogP contribution < -0.4 is 5.73 Å². The number of para-hydroxylation sites is 1. The maximum atomic E-state index is 6.11. The average molecular weight is 272 g/mol. The van der Waals surface area contributed by atoms with Gasteiger partial charge in [-0.05, 0) is 31.9 Å². The van der Waals surface area contributed by atoms with Crippen molar-refractivity contribution < 1.29 is 4.42 Å². The predicted molar refractivity (Wildman–Crippen MR) is 82.7 cm³/mol. The van der Waals surface area contributed by atoms with Crippen LogP contribution >= 0.6 is 0 Å². The maximum Gasteiger partial charge on any atom is 0.134 e. The Morgan fingerprint density at radius 1 is 1.40 bits per heavy atom. The van der Waals surface area contributed by atoms with Crippen molar-refractivity contribution >= 4 is 11.0 Å². The minimum Gasteiger partial charge on any atom is -0.461 e. The fourth-order valence-electron chi connectivity index (χ4n) is 3.53. The van der Waals surface area contributed by atoms with Crippen LogP contribution in [0.2, 0.25) is 0 Å². The second-order valence-corrected chi connectivity index (χ2v) is 5.88. The first-order valence-electron chi connectivity index (χ1n) is 7.66. The van der Waals surface area contributed by atoms with Gasteiger partial charge in [-0.2, -0.15) is 0 Å². The maximum absolute atomic E-state index is 6.11. The van der Waals surface area contributed by atoms with E-state index in [-0.39, 0.29) is 6.04 Å². The van der Waals surface area contributed by atoms with Crippen LogP contribution in [0.4, 0.5) is 0 Å². The topological polar surface area (TPSA) is 42.4 Å². The number of benzene rings is 1. The van der Waals surface area contributed by atoms with Gasteiger partial charge < -0.3 is 10.2 Å². The average Bonchev–Trinajstić information content (AvgIpc) is 3.05. The monoisotopic (exact) mass is 272 g/mol. The molecule has 2 N–H and O–H groups in total. The number of hydrogen-bond acceptors (Lipinski definition) is 3. The van der Waals surface area contributed by atoms with Crippen LogP contribution in [0.25, 0.3) is 11.0 Å². The van der Waals surface area contributed by atoms with E-state index in [4.69, 9.17) is 10.2 Å². The molecular formula is C17H24N2O. The molecular weight excluding hydrogens is 248 g/mol. The highest BCUT2D eigenvalue weighted by atomic mass is 16.3. The van der Waals surface area contributed by atoms with Crippen LogP contribution in [-0.2, 0) is 0 Å². The number of nitrogens with two attached hydrogens (primary N) is 1. The number of nitrogens with zero attached hydrogens (tertiary/aromatic N) is 1. The molecule has 0 radical (unpaired) electrons. The Balaban J connectivity index is 1.97. The predicted octanol–water partition coefficient (Wildman–Crippen LogP) is 3.47. The van der Waals surface area contributed by atoms with E-state index < -0.39 is 0 Å². The van der Waals surface area contributed by atoms with Gasteiger partial charge in [0, 0.05) is 24.0 Å². The number of furan rings is 1. The molecule has 108 valence electrons. The summed E-state index contributed by atoms with van der Waals surface area (Å²) in [5, 5.41) is 1.22. The van der Waals surface area contributed by atoms with E-state index in [9.17, 15) is 0 Å². The lowest BCUT2D eigenvalue weighted by Crippen LogP contribution is -2.32. The van der Waals surface area contributed by atoms with Crippen LogP contribution in [0.15, 0.2) is 28.7 Å². The number of likely N-dealkylation sites (tertiary alicyclic amines) is 1. The zero-order chi connectivity index (χ0) is 14.1. The second kappa shape index (κ2) is 5.58. The quantitative estimate of drug-likeness (QED) is 0.926. The van der Waals surface area contributed by atoms with Crippen molar-refractivity contribution in [1.82, 2.24) is 4.90 Å². The van der Waals surface area contributed by atoms with Crippen LogP contribution in [0.1, 0.15) is 37.1 Å². The molecule has 20 heavy (non-hydrogen) atoms. The molecule has 1 saturated heterocycles. The Bertz CT molecular complexity index is 590. The fraction of sp³-hybridized carbons (Fsp3) is 0.529. The summed E-state index contributed by atoms with van der Waals surface area (Å²) in [7, 11) is 0. The number of aryl methyl sites for hydroxylation is 1. The first-order valence-corrected chi connectivity index (χ1v) is 7.66. The second-order valence-electron chi connectivity index (χ2n) is 5.88. The van der Waals surface area contributed by atoms with Crippen LogP contribution in [-0.4, -0.2) is 24.5 Å². The van der Waals surface area contributed by atoms with Gasteiger partial charge in [0.1, 0.15) is 11.3 Å². The molecule has 2 heterocycles. The number of fused-ring (bicyclic) bond motifs is 1. The third-order valence-corrected chi connectivity index (χ3v) is 4.71. The molecule has 1 aliphatic heterocycles. The van der Waals surface area contributed by atoms with Gasteiger partial charge in [0.25, 0.3) is 0 Å². The summed E-state index contributed by atoms with van der Waals surface area (Å²) in [4.78, 5) is 2.54. The van der Waals surface area contributed by atoms with E-state index in [1.165, 1.54) is 23.8 Å². The Morgan fingerprint density at radius 2 is 2.20 bits per heavy atom. The standard InChI is InChI=1S/C17H24N2O/c1-3-13-8-9-19(11-13)15(10-18)17-12(2)20-16-7-5-4-6-14(16)17/h4-7,13,15H,3,8-11,18H2,1-2H3. The molecule has 1 aliphatic rings. The first kappa shape index (κ1) is 13.7. The molecule has 1 aromatic carbocycles. The van der Waals surface area contributed by atoms with Gasteiger partial charge in [-0.15, -0.1) is 0 Å². The summed E-state index contributed by atoms with van der Waals surface area (Å²) in [5.74, 6) is 1.84. The molecule has 1 aromatic heterocycles. The van der Waals surface area contributed by atoms with Crippen LogP contribution in [0.3, 0.4) is 0 Å². The lowest BCUT2D eigenvalue weighted by Gasteiger charge is -2.27. The van der Waals surface area contributed by atoms with Crippen molar-refractivity contribution in [1.29, 1.82) is 0 Å². The molecule has 2 atom stereocenters. The number of hydrogen-bond donors (Lipinski definition) is 1. The third-order valence-electron chi connectivity index (χ3n) is 4.71. The third kappa shape index (κ3) is 2.25. The van der Waals surface area contributed by atoms with Gasteiger partial charge in [0.15, 0.2) is 0 Å². The minimum absolute atomic E-state index is 0.287. The Labute approximate surface area is 120 Å². The van der Waals surface area contributed by atoms with E-state index in [1.807, 2.05) is 12.1 Å². The Kier molecular flexibility index (Phi) is 3.81. The summed E-state index contributed by atoms with van der Waals surface area (Å²) in [6.45, 7) is 7.31. The molecule has 3 nitrogen and oxygen atoms in total. The van der Waals surface area contributed by atoms with E-state index in [1.54, 1.807) is 0 Å². The van der Waals surface area contributed by atoms with E-state index in [0.29, 0.717) is 6.54 Å². The highest BCUT2D eigenvalue weighted by molar-refractivity contribution is 5.82. The summed E-state index contributed by atoms with van der Waals surface area (Å²) in [6.07, 6.45) is 2.56. The van der Waals surface area contributed by atoms with Crippen molar-refractivity contribution in [2.45, 2.75) is 32.7 Å². The molecule has 0 spiro atoms. The lowest BCUT2D eigenvalue weighted by molar-refractivity contribution is 0.239. The molecule has 3 heteroatoms. The summed E-state index contributed by atoms with van der Waals surface area (Å²) < 4.78 is 5.91. The largest absolute Gasteiger partial charge is 0.461 e. The zero-order valence-corrected chi connectivity index (χ0v) is 12.4. The highest BCUT2D eigenvalue weighted by Gasteiger charge is 2.30. The van der Waals surface area contributed by atoms with Crippen molar-refractivity contribution in [3.05, 3.63) is 35.6 Å². The van der Waals surface area contributed by atoms with Crippen molar-refractivity contribution in [3.63, 3.8) is 0 Å². The molecule has 0 amide bonds. The molecule has 0 bridgehead atoms. The molecule has 0 aliphatic carbocycles. The van der Waals surface area contributed by atoms with Crippen molar-refractivity contribution in [2.75, 3.05) is 19.6 Å². The van der Waals surface area contributed by atoms with Gasteiger partial charge in [-0.1, -0.05) is 31.5 Å². The van der Waals surface area contributed by atoms with Gasteiger partial charge in [-0.3, -0.25) is 4.90 Å². The fourth-order valence-corrected chi connectivity index (χ4v) is 3.53. The van der Waals surface area contributed by atoms with Gasteiger partial charge >= 0.3 is 0 Å². The highest BCUT2D eigenvalue weighted by Crippen LogP contribution is 2.35. The molecule has 1 fully saturated rings. The molecule has 2 unspecified atom stereocenters. The van der Waals surface area contributed by atoms with Crippen molar-refractivity contribution in [2.24, 2.45) is 11.7 Å². The van der Waals surface area contributed by atoms with Gasteiger partial charge in [0.05, 0.1) is 6.04 Å². The number of rotatable bonds is 4. The van der Waals surface area contributed by atoms with E-state index in [0.717, 1.165) is 30.4 Å². The molecule has 3 rings (SSSR count). The van der Waals surface area contributed by atoms with Crippen LogP contribution in [0, 0.1) is 12.8 Å². The minimum atomic E-state index is 0.287. The first-order chi connectivity index (χ1) is 9.74. The summed E-state index contributed by atoms with van der Waals surface area (Å²) in [5.41, 5.74) is 8.38. The molecule has 0 saturated carbocycles. The summed E-state index contributed by atoms with van der Waals surface area (Å²) >= 11 is 0. The van der Waals surface area contributed by atoms with Gasteiger partial charge in [-0.25, -0.2) is 0 Å². The zero-order valence-electron chi connectivity index (χ0n) is 12.4. The van der Waals surface area contributed by atoms with E-state index in [2.05, 4.69) is 30.9 Å². The summed E-state index contributed by atoms with van der Waals surface area (Å²) in [6, 6.07) is 8.58. The lowest BCUT2D eigenvalue weighted by atomic mass is 10.0.